The number of nitrogens with one attached hydrogen (secondary N) is 1. The zero-order valence-electron chi connectivity index (χ0n) is 14.7. The number of methoxy groups -OCH3 is 3. The number of amides is 1. The van der Waals surface area contributed by atoms with Gasteiger partial charge in [-0.2, -0.15) is 0 Å². The first-order chi connectivity index (χ1) is 11.3. The van der Waals surface area contributed by atoms with Gasteiger partial charge in [0.15, 0.2) is 17.0 Å². The molecule has 0 aromatic heterocycles. The van der Waals surface area contributed by atoms with E-state index in [-0.39, 0.29) is 12.5 Å². The molecule has 2 unspecified atom stereocenters. The number of carboxylic acid groups (broad SMARTS) is 1. The number of hydrogen-bond donors (Lipinski definition) is 2. The normalized spacial score (nSPS) is 14.4. The van der Waals surface area contributed by atoms with E-state index in [1.54, 1.807) is 33.3 Å². The van der Waals surface area contributed by atoms with Crippen molar-refractivity contribution in [3.05, 3.63) is 23.8 Å². The van der Waals surface area contributed by atoms with Crippen molar-refractivity contribution < 1.29 is 28.9 Å². The van der Waals surface area contributed by atoms with E-state index < -0.39 is 17.4 Å². The summed E-state index contributed by atoms with van der Waals surface area (Å²) < 4.78 is 15.3. The molecule has 0 aliphatic rings. The lowest BCUT2D eigenvalue weighted by Gasteiger charge is -2.27. The van der Waals surface area contributed by atoms with E-state index in [2.05, 4.69) is 5.32 Å². The molecule has 0 bridgehead atoms. The van der Waals surface area contributed by atoms with Crippen molar-refractivity contribution in [1.82, 2.24) is 5.32 Å². The summed E-state index contributed by atoms with van der Waals surface area (Å²) in [7, 11) is 4.48. The predicted molar refractivity (Wildman–Crippen MR) is 88.5 cm³/mol. The van der Waals surface area contributed by atoms with Crippen LogP contribution in [0.4, 0.5) is 0 Å². The Morgan fingerprint density at radius 1 is 1.21 bits per heavy atom. The summed E-state index contributed by atoms with van der Waals surface area (Å²) in [5, 5.41) is 11.8. The molecular weight excluding hydrogens is 314 g/mol. The van der Waals surface area contributed by atoms with Crippen molar-refractivity contribution >= 4 is 11.9 Å². The fraction of sp³-hybridized carbons (Fsp3) is 0.529. The fourth-order valence-electron chi connectivity index (χ4n) is 2.29. The van der Waals surface area contributed by atoms with Crippen molar-refractivity contribution in [3.63, 3.8) is 0 Å². The highest BCUT2D eigenvalue weighted by Gasteiger charge is 2.36. The first-order valence-electron chi connectivity index (χ1n) is 7.52. The molecule has 2 atom stereocenters. The van der Waals surface area contributed by atoms with Crippen LogP contribution in [0.1, 0.15) is 19.4 Å². The number of aliphatic carboxylic acids is 1. The second-order valence-corrected chi connectivity index (χ2v) is 5.85. The van der Waals surface area contributed by atoms with Crippen LogP contribution in [0.5, 0.6) is 11.5 Å². The highest BCUT2D eigenvalue weighted by molar-refractivity contribution is 5.87. The molecule has 0 heterocycles. The molecule has 0 aliphatic carbocycles. The smallest absolute Gasteiger partial charge is 0.331 e. The van der Waals surface area contributed by atoms with Gasteiger partial charge in [-0.05, 0) is 31.0 Å². The number of benzene rings is 1. The van der Waals surface area contributed by atoms with Crippen LogP contribution in [0, 0.1) is 5.92 Å². The number of carbonyl (C=O) groups excluding carboxylic acids is 1. The molecule has 7 nitrogen and oxygen atoms in total. The van der Waals surface area contributed by atoms with Crippen molar-refractivity contribution in [2.45, 2.75) is 25.8 Å². The van der Waals surface area contributed by atoms with Crippen LogP contribution in [0.2, 0.25) is 0 Å². The van der Waals surface area contributed by atoms with Gasteiger partial charge < -0.3 is 24.6 Å². The average molecular weight is 339 g/mol. The molecule has 0 spiro atoms. The van der Waals surface area contributed by atoms with E-state index in [4.69, 9.17) is 14.2 Å². The molecular formula is C17H25NO6. The Hall–Kier alpha value is -2.28. The first kappa shape index (κ1) is 19.8. The standard InChI is InChI=1S/C17H25NO6/c1-11(15(19)18-17(2,10-22-3)16(20)21)8-12-6-7-13(23-4)14(9-12)24-5/h6-7,9,11H,8,10H2,1-5H3,(H,18,19)(H,20,21). The summed E-state index contributed by atoms with van der Waals surface area (Å²) in [6, 6.07) is 5.41. The molecule has 1 rings (SSSR count). The molecule has 1 aromatic rings. The third-order valence-corrected chi connectivity index (χ3v) is 3.74. The number of rotatable bonds is 9. The summed E-state index contributed by atoms with van der Waals surface area (Å²) in [6.45, 7) is 3.04. The van der Waals surface area contributed by atoms with E-state index in [0.29, 0.717) is 17.9 Å². The summed E-state index contributed by atoms with van der Waals surface area (Å²) in [5.74, 6) is -0.726. The van der Waals surface area contributed by atoms with E-state index in [1.165, 1.54) is 14.0 Å². The molecule has 2 N–H and O–H groups in total. The van der Waals surface area contributed by atoms with Gasteiger partial charge in [0.25, 0.3) is 0 Å². The average Bonchev–Trinajstić information content (AvgIpc) is 2.54. The Labute approximate surface area is 141 Å². The van der Waals surface area contributed by atoms with E-state index in [9.17, 15) is 14.7 Å². The van der Waals surface area contributed by atoms with Crippen molar-refractivity contribution in [1.29, 1.82) is 0 Å². The summed E-state index contributed by atoms with van der Waals surface area (Å²) in [6.07, 6.45) is 0.439. The second kappa shape index (κ2) is 8.54. The summed E-state index contributed by atoms with van der Waals surface area (Å²) in [5.41, 5.74) is -0.573. The maximum absolute atomic E-state index is 12.3. The molecule has 7 heteroatoms. The van der Waals surface area contributed by atoms with Gasteiger partial charge in [-0.1, -0.05) is 13.0 Å². The Kier molecular flexibility index (Phi) is 7.03. The molecule has 0 saturated carbocycles. The van der Waals surface area contributed by atoms with Gasteiger partial charge in [0.2, 0.25) is 5.91 Å². The van der Waals surface area contributed by atoms with Gasteiger partial charge in [-0.3, -0.25) is 4.79 Å². The topological polar surface area (TPSA) is 94.1 Å². The molecule has 0 saturated heterocycles. The molecule has 134 valence electrons. The maximum Gasteiger partial charge on any atom is 0.331 e. The Morgan fingerprint density at radius 3 is 2.33 bits per heavy atom. The van der Waals surface area contributed by atoms with Crippen LogP contribution in [0.3, 0.4) is 0 Å². The highest BCUT2D eigenvalue weighted by atomic mass is 16.5. The third kappa shape index (κ3) is 4.86. The van der Waals surface area contributed by atoms with Gasteiger partial charge in [0.1, 0.15) is 0 Å². The lowest BCUT2D eigenvalue weighted by Crippen LogP contribution is -2.56. The summed E-state index contributed by atoms with van der Waals surface area (Å²) >= 11 is 0. The van der Waals surface area contributed by atoms with Crippen LogP contribution in [-0.4, -0.2) is 50.5 Å². The minimum absolute atomic E-state index is 0.114. The minimum atomic E-state index is -1.46. The van der Waals surface area contributed by atoms with E-state index in [0.717, 1.165) is 5.56 Å². The molecule has 0 radical (unpaired) electrons. The monoisotopic (exact) mass is 339 g/mol. The molecule has 1 amide bonds. The van der Waals surface area contributed by atoms with Gasteiger partial charge in [0, 0.05) is 13.0 Å². The van der Waals surface area contributed by atoms with Gasteiger partial charge >= 0.3 is 5.97 Å². The quantitative estimate of drug-likeness (QED) is 0.708. The first-order valence-corrected chi connectivity index (χ1v) is 7.52. The molecule has 1 aromatic carbocycles. The van der Waals surface area contributed by atoms with Gasteiger partial charge in [-0.15, -0.1) is 0 Å². The zero-order valence-corrected chi connectivity index (χ0v) is 14.7. The Morgan fingerprint density at radius 2 is 1.83 bits per heavy atom. The van der Waals surface area contributed by atoms with E-state index >= 15 is 0 Å². The summed E-state index contributed by atoms with van der Waals surface area (Å²) in [4.78, 5) is 23.7. The lowest BCUT2D eigenvalue weighted by atomic mass is 9.97. The Balaban J connectivity index is 2.81. The van der Waals surface area contributed by atoms with Crippen LogP contribution in [0.15, 0.2) is 18.2 Å². The lowest BCUT2D eigenvalue weighted by molar-refractivity contribution is -0.149. The number of ether oxygens (including phenoxy) is 3. The van der Waals surface area contributed by atoms with E-state index in [1.807, 2.05) is 6.07 Å². The van der Waals surface area contributed by atoms with Crippen molar-refractivity contribution in [3.8, 4) is 11.5 Å². The minimum Gasteiger partial charge on any atom is -0.493 e. The van der Waals surface area contributed by atoms with Crippen LogP contribution in [-0.2, 0) is 20.7 Å². The van der Waals surface area contributed by atoms with Crippen LogP contribution >= 0.6 is 0 Å². The van der Waals surface area contributed by atoms with Gasteiger partial charge in [-0.25, -0.2) is 4.79 Å². The second-order valence-electron chi connectivity index (χ2n) is 5.85. The third-order valence-electron chi connectivity index (χ3n) is 3.74. The van der Waals surface area contributed by atoms with Crippen molar-refractivity contribution in [2.24, 2.45) is 5.92 Å². The zero-order chi connectivity index (χ0) is 18.3. The molecule has 0 aliphatic heterocycles. The van der Waals surface area contributed by atoms with Crippen molar-refractivity contribution in [2.75, 3.05) is 27.9 Å². The largest absolute Gasteiger partial charge is 0.493 e. The molecule has 0 fully saturated rings. The number of carbonyl (C=O) groups is 2. The predicted octanol–water partition coefficient (Wildman–Crippen LogP) is 1.49. The Bertz CT molecular complexity index is 588. The number of carboxylic acids is 1. The molecule has 24 heavy (non-hydrogen) atoms. The number of hydrogen-bond acceptors (Lipinski definition) is 5. The van der Waals surface area contributed by atoms with Crippen LogP contribution in [0.25, 0.3) is 0 Å². The fourth-order valence-corrected chi connectivity index (χ4v) is 2.29. The van der Waals surface area contributed by atoms with Gasteiger partial charge in [0.05, 0.1) is 20.8 Å². The SMILES string of the molecule is COCC(C)(NC(=O)C(C)Cc1ccc(OC)c(OC)c1)C(=O)O. The van der Waals surface area contributed by atoms with Crippen LogP contribution < -0.4 is 14.8 Å². The highest BCUT2D eigenvalue weighted by Crippen LogP contribution is 2.28. The maximum atomic E-state index is 12.3.